The van der Waals surface area contributed by atoms with E-state index in [1.807, 2.05) is 25.2 Å². The first-order valence-corrected chi connectivity index (χ1v) is 9.99. The van der Waals surface area contributed by atoms with Crippen molar-refractivity contribution in [2.75, 3.05) is 27.2 Å². The Balaban J connectivity index is 2.17. The monoisotopic (exact) mass is 426 g/mol. The van der Waals surface area contributed by atoms with E-state index in [1.165, 1.54) is 0 Å². The number of likely N-dealkylation sites (N-methyl/N-ethyl adjacent to an activating group) is 1. The van der Waals surface area contributed by atoms with Crippen molar-refractivity contribution in [3.63, 3.8) is 0 Å². The molecule has 0 spiro atoms. The van der Waals surface area contributed by atoms with E-state index in [4.69, 9.17) is 9.47 Å². The van der Waals surface area contributed by atoms with Crippen molar-refractivity contribution in [2.45, 2.75) is 52.5 Å². The second kappa shape index (κ2) is 9.20. The Labute approximate surface area is 165 Å². The number of benzene rings is 1. The zero-order valence-electron chi connectivity index (χ0n) is 16.7. The molecule has 1 saturated heterocycles. The molecule has 1 aromatic carbocycles. The zero-order valence-corrected chi connectivity index (χ0v) is 18.2. The van der Waals surface area contributed by atoms with E-state index in [0.717, 1.165) is 28.9 Å². The third-order valence-electron chi connectivity index (χ3n) is 4.75. The largest absolute Gasteiger partial charge is 0.496 e. The normalized spacial score (nSPS) is 22.3. The van der Waals surface area contributed by atoms with Crippen molar-refractivity contribution < 1.29 is 14.3 Å². The van der Waals surface area contributed by atoms with Crippen molar-refractivity contribution >= 4 is 21.8 Å². The first-order valence-electron chi connectivity index (χ1n) is 9.19. The lowest BCUT2D eigenvalue weighted by molar-refractivity contribution is -0.144. The van der Waals surface area contributed by atoms with Crippen molar-refractivity contribution in [3.8, 4) is 5.75 Å². The number of nitrogens with zero attached hydrogens (tertiary/aromatic N) is 2. The number of hydrogen-bond acceptors (Lipinski definition) is 4. The highest BCUT2D eigenvalue weighted by molar-refractivity contribution is 9.10. The Hall–Kier alpha value is -1.11. The number of hydrogen-bond donors (Lipinski definition) is 0. The second-order valence-electron chi connectivity index (χ2n) is 7.55. The van der Waals surface area contributed by atoms with Gasteiger partial charge in [-0.15, -0.1) is 0 Å². The maximum atomic E-state index is 13.3. The summed E-state index contributed by atoms with van der Waals surface area (Å²) in [7, 11) is 3.52. The van der Waals surface area contributed by atoms with Gasteiger partial charge in [-0.1, -0.05) is 29.8 Å². The smallest absolute Gasteiger partial charge is 0.240 e. The highest BCUT2D eigenvalue weighted by Crippen LogP contribution is 2.25. The van der Waals surface area contributed by atoms with Crippen LogP contribution >= 0.6 is 15.9 Å². The molecule has 2 rings (SSSR count). The first kappa shape index (κ1) is 21.2. The summed E-state index contributed by atoms with van der Waals surface area (Å²) in [4.78, 5) is 17.4. The van der Waals surface area contributed by atoms with Gasteiger partial charge in [0.15, 0.2) is 0 Å². The minimum Gasteiger partial charge on any atom is -0.496 e. The highest BCUT2D eigenvalue weighted by atomic mass is 79.9. The third kappa shape index (κ3) is 5.21. The number of morpholine rings is 1. The third-order valence-corrected chi connectivity index (χ3v) is 5.25. The summed E-state index contributed by atoms with van der Waals surface area (Å²) >= 11 is 3.50. The van der Waals surface area contributed by atoms with Crippen LogP contribution in [0.2, 0.25) is 0 Å². The number of methoxy groups -OCH3 is 1. The van der Waals surface area contributed by atoms with Gasteiger partial charge in [-0.2, -0.15) is 0 Å². The average molecular weight is 427 g/mol. The van der Waals surface area contributed by atoms with Gasteiger partial charge in [-0.25, -0.2) is 0 Å². The molecule has 0 bridgehead atoms. The molecule has 0 aliphatic carbocycles. The van der Waals surface area contributed by atoms with Crippen LogP contribution < -0.4 is 4.74 Å². The van der Waals surface area contributed by atoms with E-state index < -0.39 is 0 Å². The van der Waals surface area contributed by atoms with E-state index in [-0.39, 0.29) is 30.1 Å². The summed E-state index contributed by atoms with van der Waals surface area (Å²) in [5.74, 6) is 1.16. The summed E-state index contributed by atoms with van der Waals surface area (Å²) in [6.45, 7) is 10.4. The van der Waals surface area contributed by atoms with Crippen LogP contribution in [0.15, 0.2) is 22.7 Å². The molecule has 3 atom stereocenters. The summed E-state index contributed by atoms with van der Waals surface area (Å²) in [5.41, 5.74) is 0.990. The number of carbonyl (C=O) groups is 1. The Bertz CT molecular complexity index is 613. The molecule has 0 aromatic heterocycles. The fraction of sp³-hybridized carbons (Fsp3) is 0.650. The SMILES string of the molecule is COc1ccc(Br)cc1CN(C)C(=O)C(C(C)C)N1CC(C)OC(C)C1. The van der Waals surface area contributed by atoms with Crippen LogP contribution in [-0.2, 0) is 16.1 Å². The van der Waals surface area contributed by atoms with Crippen molar-refractivity contribution in [3.05, 3.63) is 28.2 Å². The Morgan fingerprint density at radius 1 is 1.35 bits per heavy atom. The van der Waals surface area contributed by atoms with Gasteiger partial charge in [-0.05, 0) is 38.0 Å². The number of carbonyl (C=O) groups excluding carboxylic acids is 1. The van der Waals surface area contributed by atoms with Gasteiger partial charge in [0, 0.05) is 36.7 Å². The molecule has 5 nitrogen and oxygen atoms in total. The summed E-state index contributed by atoms with van der Waals surface area (Å²) < 4.78 is 12.3. The molecule has 1 aromatic rings. The molecule has 1 amide bonds. The fourth-order valence-electron chi connectivity index (χ4n) is 3.74. The Morgan fingerprint density at radius 3 is 2.50 bits per heavy atom. The fourth-order valence-corrected chi connectivity index (χ4v) is 4.15. The summed E-state index contributed by atoms with van der Waals surface area (Å²) in [5, 5.41) is 0. The molecule has 0 N–H and O–H groups in total. The molecule has 26 heavy (non-hydrogen) atoms. The highest BCUT2D eigenvalue weighted by Gasteiger charge is 2.35. The predicted octanol–water partition coefficient (Wildman–Crippen LogP) is 3.55. The number of rotatable bonds is 6. The second-order valence-corrected chi connectivity index (χ2v) is 8.47. The van der Waals surface area contributed by atoms with Gasteiger partial charge >= 0.3 is 0 Å². The van der Waals surface area contributed by atoms with E-state index in [9.17, 15) is 4.79 Å². The van der Waals surface area contributed by atoms with E-state index >= 15 is 0 Å². The first-order chi connectivity index (χ1) is 12.2. The Morgan fingerprint density at radius 2 is 1.96 bits per heavy atom. The van der Waals surface area contributed by atoms with E-state index in [2.05, 4.69) is 48.5 Å². The molecule has 6 heteroatoms. The molecule has 1 heterocycles. The minimum atomic E-state index is -0.146. The standard InChI is InChI=1S/C20H31BrN2O3/c1-13(2)19(23-10-14(3)26-15(4)11-23)20(24)22(5)12-16-9-17(21)7-8-18(16)25-6/h7-9,13-15,19H,10-12H2,1-6H3. The van der Waals surface area contributed by atoms with Gasteiger partial charge in [0.1, 0.15) is 5.75 Å². The van der Waals surface area contributed by atoms with Crippen LogP contribution in [0, 0.1) is 5.92 Å². The van der Waals surface area contributed by atoms with E-state index in [0.29, 0.717) is 6.54 Å². The topological polar surface area (TPSA) is 42.0 Å². The van der Waals surface area contributed by atoms with E-state index in [1.54, 1.807) is 12.0 Å². The van der Waals surface area contributed by atoms with Crippen LogP contribution in [0.5, 0.6) is 5.75 Å². The zero-order chi connectivity index (χ0) is 19.4. The van der Waals surface area contributed by atoms with Crippen molar-refractivity contribution in [1.29, 1.82) is 0 Å². The van der Waals surface area contributed by atoms with Crippen LogP contribution in [0.3, 0.4) is 0 Å². The van der Waals surface area contributed by atoms with Gasteiger partial charge < -0.3 is 14.4 Å². The quantitative estimate of drug-likeness (QED) is 0.697. The lowest BCUT2D eigenvalue weighted by atomic mass is 9.99. The molecular weight excluding hydrogens is 396 g/mol. The van der Waals surface area contributed by atoms with Gasteiger partial charge in [0.2, 0.25) is 5.91 Å². The molecule has 1 aliphatic rings. The van der Waals surface area contributed by atoms with Crippen molar-refractivity contribution in [2.24, 2.45) is 5.92 Å². The summed E-state index contributed by atoms with van der Waals surface area (Å²) in [6.07, 6.45) is 0.284. The maximum Gasteiger partial charge on any atom is 0.240 e. The number of amides is 1. The lowest BCUT2D eigenvalue weighted by Gasteiger charge is -2.42. The van der Waals surface area contributed by atoms with Crippen LogP contribution in [0.1, 0.15) is 33.3 Å². The molecule has 1 aliphatic heterocycles. The van der Waals surface area contributed by atoms with Crippen LogP contribution in [-0.4, -0.2) is 61.2 Å². The number of halogens is 1. The number of ether oxygens (including phenoxy) is 2. The summed E-state index contributed by atoms with van der Waals surface area (Å²) in [6, 6.07) is 5.72. The van der Waals surface area contributed by atoms with Gasteiger partial charge in [-0.3, -0.25) is 9.69 Å². The molecule has 1 fully saturated rings. The average Bonchev–Trinajstić information content (AvgIpc) is 2.53. The Kier molecular flexibility index (Phi) is 7.50. The van der Waals surface area contributed by atoms with Gasteiger partial charge in [0.25, 0.3) is 0 Å². The maximum absolute atomic E-state index is 13.3. The molecule has 146 valence electrons. The van der Waals surface area contributed by atoms with Crippen LogP contribution in [0.25, 0.3) is 0 Å². The lowest BCUT2D eigenvalue weighted by Crippen LogP contribution is -2.57. The molecule has 3 unspecified atom stereocenters. The van der Waals surface area contributed by atoms with Crippen LogP contribution in [0.4, 0.5) is 0 Å². The minimum absolute atomic E-state index is 0.142. The molecular formula is C20H31BrN2O3. The van der Waals surface area contributed by atoms with Crippen molar-refractivity contribution in [1.82, 2.24) is 9.80 Å². The molecule has 0 saturated carbocycles. The molecule has 0 radical (unpaired) electrons. The van der Waals surface area contributed by atoms with Gasteiger partial charge in [0.05, 0.1) is 25.4 Å². The predicted molar refractivity (Wildman–Crippen MR) is 107 cm³/mol.